The van der Waals surface area contributed by atoms with Crippen LogP contribution in [0.25, 0.3) is 0 Å². The zero-order valence-electron chi connectivity index (χ0n) is 17.4. The Morgan fingerprint density at radius 3 is 2.45 bits per heavy atom. The highest BCUT2D eigenvalue weighted by atomic mass is 32.2. The summed E-state index contributed by atoms with van der Waals surface area (Å²) in [5, 5.41) is 13.9. The van der Waals surface area contributed by atoms with Gasteiger partial charge >= 0.3 is 5.97 Å². The Balaban J connectivity index is 1.77. The molecule has 3 rings (SSSR count). The van der Waals surface area contributed by atoms with Gasteiger partial charge in [-0.25, -0.2) is 13.2 Å². The van der Waals surface area contributed by atoms with Crippen LogP contribution >= 0.6 is 11.3 Å². The lowest BCUT2D eigenvalue weighted by molar-refractivity contribution is -0.122. The number of nitrogens with one attached hydrogen (secondary N) is 2. The number of benzene rings is 1. The van der Waals surface area contributed by atoms with Gasteiger partial charge in [-0.05, 0) is 43.5 Å². The smallest absolute Gasteiger partial charge is 0.335 e. The van der Waals surface area contributed by atoms with Crippen LogP contribution in [-0.4, -0.2) is 69.1 Å². The van der Waals surface area contributed by atoms with Crippen molar-refractivity contribution < 1.29 is 23.1 Å². The number of piperazine rings is 1. The molecule has 0 unspecified atom stereocenters. The minimum absolute atomic E-state index is 0.00313. The monoisotopic (exact) mass is 466 g/mol. The van der Waals surface area contributed by atoms with Gasteiger partial charge in [0.05, 0.1) is 23.5 Å². The Morgan fingerprint density at radius 1 is 1.16 bits per heavy atom. The van der Waals surface area contributed by atoms with E-state index >= 15 is 0 Å². The number of carboxylic acids is 1. The summed E-state index contributed by atoms with van der Waals surface area (Å²) in [7, 11) is -3.83. The van der Waals surface area contributed by atoms with Crippen molar-refractivity contribution >= 4 is 44.6 Å². The van der Waals surface area contributed by atoms with Crippen LogP contribution in [0.4, 0.5) is 11.4 Å². The maximum atomic E-state index is 12.7. The minimum atomic E-state index is -3.83. The molecule has 2 heterocycles. The summed E-state index contributed by atoms with van der Waals surface area (Å²) < 4.78 is 28.1. The van der Waals surface area contributed by atoms with Crippen LogP contribution in [-0.2, 0) is 14.8 Å². The molecule has 0 bridgehead atoms. The quantitative estimate of drug-likeness (QED) is 0.544. The molecule has 1 aromatic heterocycles. The van der Waals surface area contributed by atoms with Gasteiger partial charge in [-0.3, -0.25) is 14.4 Å². The fraction of sp³-hybridized carbons (Fsp3) is 0.400. The fourth-order valence-electron chi connectivity index (χ4n) is 3.36. The number of hydrogen-bond donors (Lipinski definition) is 3. The Hall–Kier alpha value is -2.63. The molecule has 0 aliphatic carbocycles. The minimum Gasteiger partial charge on any atom is -0.478 e. The highest BCUT2D eigenvalue weighted by Crippen LogP contribution is 2.31. The predicted octanol–water partition coefficient (Wildman–Crippen LogP) is 1.89. The van der Waals surface area contributed by atoms with Gasteiger partial charge < -0.3 is 15.3 Å². The molecule has 2 aromatic rings. The van der Waals surface area contributed by atoms with Gasteiger partial charge in [0.15, 0.2) is 0 Å². The molecule has 31 heavy (non-hydrogen) atoms. The third kappa shape index (κ3) is 5.96. The van der Waals surface area contributed by atoms with Gasteiger partial charge in [0.2, 0.25) is 5.91 Å². The van der Waals surface area contributed by atoms with Crippen LogP contribution < -0.4 is 14.9 Å². The fourth-order valence-corrected chi connectivity index (χ4v) is 5.41. The molecule has 0 saturated carbocycles. The van der Waals surface area contributed by atoms with Crippen LogP contribution in [0.15, 0.2) is 39.9 Å². The van der Waals surface area contributed by atoms with E-state index in [1.54, 1.807) is 17.5 Å². The molecule has 1 aliphatic heterocycles. The first kappa shape index (κ1) is 23.0. The molecule has 9 nitrogen and oxygen atoms in total. The maximum Gasteiger partial charge on any atom is 0.335 e. The first-order chi connectivity index (χ1) is 14.7. The average Bonchev–Trinajstić information content (AvgIpc) is 3.23. The molecule has 1 amide bonds. The molecule has 1 aromatic carbocycles. The number of hydrogen-bond acceptors (Lipinski definition) is 7. The van der Waals surface area contributed by atoms with Gasteiger partial charge in [-0.2, -0.15) is 0 Å². The molecule has 0 spiro atoms. The van der Waals surface area contributed by atoms with Crippen molar-refractivity contribution in [3.63, 3.8) is 0 Å². The van der Waals surface area contributed by atoms with Crippen molar-refractivity contribution in [3.05, 3.63) is 41.3 Å². The number of aromatic carboxylic acids is 1. The van der Waals surface area contributed by atoms with Crippen LogP contribution in [0.2, 0.25) is 0 Å². The van der Waals surface area contributed by atoms with E-state index in [4.69, 9.17) is 0 Å². The highest BCUT2D eigenvalue weighted by Gasteiger charge is 2.24. The van der Waals surface area contributed by atoms with Crippen molar-refractivity contribution in [3.8, 4) is 0 Å². The van der Waals surface area contributed by atoms with E-state index in [0.717, 1.165) is 11.3 Å². The predicted molar refractivity (Wildman–Crippen MR) is 120 cm³/mol. The van der Waals surface area contributed by atoms with Crippen LogP contribution in [0, 0.1) is 0 Å². The van der Waals surface area contributed by atoms with Crippen molar-refractivity contribution in [2.75, 3.05) is 42.3 Å². The zero-order valence-corrected chi connectivity index (χ0v) is 19.0. The molecule has 1 saturated heterocycles. The highest BCUT2D eigenvalue weighted by molar-refractivity contribution is 7.94. The molecule has 1 aliphatic rings. The molecule has 0 radical (unpaired) electrons. The van der Waals surface area contributed by atoms with E-state index in [2.05, 4.69) is 10.0 Å². The Labute approximate surface area is 185 Å². The van der Waals surface area contributed by atoms with E-state index < -0.39 is 16.0 Å². The Kier molecular flexibility index (Phi) is 7.19. The Bertz CT molecular complexity index is 1030. The number of sulfonamides is 1. The molecule has 11 heteroatoms. The lowest BCUT2D eigenvalue weighted by atomic mass is 10.1. The third-order valence-electron chi connectivity index (χ3n) is 4.78. The van der Waals surface area contributed by atoms with Crippen LogP contribution in [0.5, 0.6) is 0 Å². The van der Waals surface area contributed by atoms with E-state index in [-0.39, 0.29) is 27.4 Å². The number of amides is 1. The molecule has 1 fully saturated rings. The van der Waals surface area contributed by atoms with Gasteiger partial charge in [-0.15, -0.1) is 11.3 Å². The number of carbonyl (C=O) groups is 2. The molecular formula is C20H26N4O5S2. The van der Waals surface area contributed by atoms with Gasteiger partial charge in [0, 0.05) is 32.2 Å². The van der Waals surface area contributed by atoms with Crippen LogP contribution in [0.3, 0.4) is 0 Å². The second-order valence-electron chi connectivity index (χ2n) is 7.56. The largest absolute Gasteiger partial charge is 0.478 e. The zero-order chi connectivity index (χ0) is 22.6. The first-order valence-corrected chi connectivity index (χ1v) is 12.2. The van der Waals surface area contributed by atoms with E-state index in [0.29, 0.717) is 38.4 Å². The standard InChI is InChI=1S/C20H26N4O5S2/c1-14(2)21-18(25)13-23-7-9-24(10-8-23)17-6-5-15(20(26)27)12-16(17)22-31(28,29)19-4-3-11-30-19/h3-6,11-12,14,22H,7-10,13H2,1-2H3,(H,21,25)(H,26,27). The Morgan fingerprint density at radius 2 is 1.87 bits per heavy atom. The lowest BCUT2D eigenvalue weighted by Crippen LogP contribution is -2.50. The van der Waals surface area contributed by atoms with Crippen molar-refractivity contribution in [2.24, 2.45) is 0 Å². The first-order valence-electron chi connectivity index (χ1n) is 9.86. The van der Waals surface area contributed by atoms with Crippen molar-refractivity contribution in [2.45, 2.75) is 24.1 Å². The van der Waals surface area contributed by atoms with Gasteiger partial charge in [0.1, 0.15) is 4.21 Å². The third-order valence-corrected chi connectivity index (χ3v) is 7.54. The number of rotatable bonds is 8. The summed E-state index contributed by atoms with van der Waals surface area (Å²) in [5.41, 5.74) is 0.826. The second kappa shape index (κ2) is 9.67. The summed E-state index contributed by atoms with van der Waals surface area (Å²) in [6, 6.07) is 7.64. The molecular weight excluding hydrogens is 440 g/mol. The molecule has 0 atom stereocenters. The molecule has 3 N–H and O–H groups in total. The summed E-state index contributed by atoms with van der Waals surface area (Å²) >= 11 is 1.09. The summed E-state index contributed by atoms with van der Waals surface area (Å²) in [6.07, 6.45) is 0. The van der Waals surface area contributed by atoms with Crippen molar-refractivity contribution in [1.82, 2.24) is 10.2 Å². The summed E-state index contributed by atoms with van der Waals surface area (Å²) in [6.45, 7) is 6.55. The average molecular weight is 467 g/mol. The number of nitrogens with zero attached hydrogens (tertiary/aromatic N) is 2. The van der Waals surface area contributed by atoms with Gasteiger partial charge in [0.25, 0.3) is 10.0 Å². The van der Waals surface area contributed by atoms with E-state index in [1.807, 2.05) is 23.6 Å². The number of thiophene rings is 1. The number of carbonyl (C=O) groups excluding carboxylic acids is 1. The molecule has 168 valence electrons. The normalized spacial score (nSPS) is 15.1. The van der Waals surface area contributed by atoms with E-state index in [9.17, 15) is 23.1 Å². The topological polar surface area (TPSA) is 119 Å². The lowest BCUT2D eigenvalue weighted by Gasteiger charge is -2.36. The van der Waals surface area contributed by atoms with Crippen LogP contribution in [0.1, 0.15) is 24.2 Å². The second-order valence-corrected chi connectivity index (χ2v) is 10.4. The SMILES string of the molecule is CC(C)NC(=O)CN1CCN(c2ccc(C(=O)O)cc2NS(=O)(=O)c2cccs2)CC1. The number of anilines is 2. The number of carboxylic acid groups (broad SMARTS) is 1. The van der Waals surface area contributed by atoms with Crippen molar-refractivity contribution in [1.29, 1.82) is 0 Å². The summed E-state index contributed by atoms with van der Waals surface area (Å²) in [5.74, 6) is -1.16. The summed E-state index contributed by atoms with van der Waals surface area (Å²) in [4.78, 5) is 27.5. The van der Waals surface area contributed by atoms with E-state index in [1.165, 1.54) is 18.2 Å². The maximum absolute atomic E-state index is 12.7. The van der Waals surface area contributed by atoms with Gasteiger partial charge in [-0.1, -0.05) is 6.07 Å².